The van der Waals surface area contributed by atoms with Crippen LogP contribution in [0.3, 0.4) is 0 Å². The Morgan fingerprint density at radius 3 is 2.90 bits per heavy atom. The summed E-state index contributed by atoms with van der Waals surface area (Å²) in [7, 11) is 0. The fraction of sp³-hybridized carbons (Fsp3) is 0.231. The summed E-state index contributed by atoms with van der Waals surface area (Å²) >= 11 is 3.18. The fourth-order valence-electron chi connectivity index (χ4n) is 2.28. The highest BCUT2D eigenvalue weighted by molar-refractivity contribution is 9.10. The molecule has 7 heteroatoms. The van der Waals surface area contributed by atoms with Crippen molar-refractivity contribution in [2.24, 2.45) is 4.99 Å². The Morgan fingerprint density at radius 1 is 1.35 bits per heavy atom. The molecule has 2 aromatic rings. The Kier molecular flexibility index (Phi) is 3.16. The van der Waals surface area contributed by atoms with Gasteiger partial charge in [-0.3, -0.25) is 4.99 Å². The lowest BCUT2D eigenvalue weighted by atomic mass is 9.89. The summed E-state index contributed by atoms with van der Waals surface area (Å²) in [6.07, 6.45) is 1.50. The lowest BCUT2D eigenvalue weighted by Crippen LogP contribution is -2.41. The molecule has 20 heavy (non-hydrogen) atoms. The molecule has 0 spiro atoms. The molecule has 0 fully saturated rings. The van der Waals surface area contributed by atoms with Crippen molar-refractivity contribution in [3.8, 4) is 0 Å². The van der Waals surface area contributed by atoms with E-state index in [2.05, 4.69) is 25.9 Å². The lowest BCUT2D eigenvalue weighted by Gasteiger charge is -2.33. The van der Waals surface area contributed by atoms with Gasteiger partial charge in [-0.15, -0.1) is 0 Å². The van der Waals surface area contributed by atoms with Gasteiger partial charge in [0.25, 0.3) is 6.43 Å². The first kappa shape index (κ1) is 13.4. The maximum atomic E-state index is 14.0. The van der Waals surface area contributed by atoms with Crippen LogP contribution in [0.5, 0.6) is 0 Å². The largest absolute Gasteiger partial charge is 0.327 e. The topological polar surface area (TPSA) is 30.2 Å². The normalized spacial score (nSPS) is 21.2. The molecule has 0 radical (unpaired) electrons. The van der Waals surface area contributed by atoms with E-state index in [1.54, 1.807) is 10.8 Å². The number of imidazole rings is 1. The van der Waals surface area contributed by atoms with Gasteiger partial charge in [0, 0.05) is 22.4 Å². The molecule has 0 aliphatic carbocycles. The number of alkyl halides is 2. The van der Waals surface area contributed by atoms with Crippen LogP contribution in [-0.4, -0.2) is 22.2 Å². The van der Waals surface area contributed by atoms with Gasteiger partial charge < -0.3 is 4.57 Å². The zero-order valence-electron chi connectivity index (χ0n) is 10.1. The lowest BCUT2D eigenvalue weighted by molar-refractivity contribution is 0.0391. The predicted molar refractivity (Wildman–Crippen MR) is 71.6 cm³/mol. The fourth-order valence-corrected chi connectivity index (χ4v) is 2.64. The van der Waals surface area contributed by atoms with Crippen molar-refractivity contribution in [2.45, 2.75) is 18.5 Å². The number of benzene rings is 1. The summed E-state index contributed by atoms with van der Waals surface area (Å²) < 4.78 is 43.4. The van der Waals surface area contributed by atoms with Gasteiger partial charge in [0.1, 0.15) is 5.82 Å². The molecular weight excluding hydrogens is 335 g/mol. The van der Waals surface area contributed by atoms with Gasteiger partial charge in [-0.05, 0) is 18.2 Å². The van der Waals surface area contributed by atoms with Gasteiger partial charge in [-0.2, -0.15) is 0 Å². The highest BCUT2D eigenvalue weighted by Crippen LogP contribution is 2.39. The third-order valence-corrected chi connectivity index (χ3v) is 3.82. The monoisotopic (exact) mass is 343 g/mol. The maximum Gasteiger partial charge on any atom is 0.269 e. The Morgan fingerprint density at radius 2 is 2.15 bits per heavy atom. The number of rotatable bonds is 2. The van der Waals surface area contributed by atoms with E-state index in [4.69, 9.17) is 0 Å². The minimum Gasteiger partial charge on any atom is -0.327 e. The number of fused-ring (bicyclic) bond motifs is 1. The number of aliphatic imine (C=N–C) groups is 1. The van der Waals surface area contributed by atoms with E-state index in [9.17, 15) is 13.2 Å². The van der Waals surface area contributed by atoms with Crippen LogP contribution >= 0.6 is 15.9 Å². The molecule has 1 aromatic heterocycles. The van der Waals surface area contributed by atoms with Crippen LogP contribution in [0.15, 0.2) is 40.1 Å². The quantitative estimate of drug-likeness (QED) is 0.822. The summed E-state index contributed by atoms with van der Waals surface area (Å²) in [4.78, 5) is 7.91. The molecule has 104 valence electrons. The number of aromatic nitrogens is 2. The standard InChI is InChI=1S/C13H9BrF3N3/c14-8-1-2-10(15)9(5-8)13(12(16)17)7-20-4-3-18-11(20)6-19-13/h1-6,12H,7H2. The Bertz CT molecular complexity index is 683. The highest BCUT2D eigenvalue weighted by Gasteiger charge is 2.45. The molecule has 1 unspecified atom stereocenters. The number of halogens is 4. The second kappa shape index (κ2) is 4.73. The molecule has 1 atom stereocenters. The van der Waals surface area contributed by atoms with Crippen molar-refractivity contribution in [1.29, 1.82) is 0 Å². The van der Waals surface area contributed by atoms with Crippen LogP contribution < -0.4 is 0 Å². The predicted octanol–water partition coefficient (Wildman–Crippen LogP) is 3.38. The van der Waals surface area contributed by atoms with Crippen molar-refractivity contribution in [3.05, 3.63) is 52.3 Å². The van der Waals surface area contributed by atoms with Crippen LogP contribution in [0.1, 0.15) is 11.4 Å². The first-order chi connectivity index (χ1) is 9.53. The molecule has 1 aliphatic rings. The van der Waals surface area contributed by atoms with Gasteiger partial charge in [0.15, 0.2) is 11.4 Å². The molecule has 0 N–H and O–H groups in total. The van der Waals surface area contributed by atoms with Crippen molar-refractivity contribution < 1.29 is 13.2 Å². The molecular formula is C13H9BrF3N3. The van der Waals surface area contributed by atoms with Gasteiger partial charge in [0.2, 0.25) is 0 Å². The van der Waals surface area contributed by atoms with Crippen molar-refractivity contribution in [2.75, 3.05) is 0 Å². The van der Waals surface area contributed by atoms with Gasteiger partial charge in [-0.1, -0.05) is 15.9 Å². The molecule has 3 rings (SSSR count). The number of hydrogen-bond acceptors (Lipinski definition) is 2. The zero-order chi connectivity index (χ0) is 14.3. The third kappa shape index (κ3) is 1.96. The average molecular weight is 344 g/mol. The smallest absolute Gasteiger partial charge is 0.269 e. The zero-order valence-corrected chi connectivity index (χ0v) is 11.7. The van der Waals surface area contributed by atoms with E-state index in [-0.39, 0.29) is 12.1 Å². The van der Waals surface area contributed by atoms with Crippen LogP contribution in [-0.2, 0) is 12.1 Å². The third-order valence-electron chi connectivity index (χ3n) is 3.33. The number of nitrogens with zero attached hydrogens (tertiary/aromatic N) is 3. The van der Waals surface area contributed by atoms with Gasteiger partial charge in [0.05, 0.1) is 12.8 Å². The number of hydrogen-bond donors (Lipinski definition) is 0. The minimum absolute atomic E-state index is 0.127. The summed E-state index contributed by atoms with van der Waals surface area (Å²) in [5, 5.41) is 0. The molecule has 3 nitrogen and oxygen atoms in total. The van der Waals surface area contributed by atoms with Crippen LogP contribution in [0.4, 0.5) is 13.2 Å². The Balaban J connectivity index is 2.17. The summed E-state index contributed by atoms with van der Waals surface area (Å²) in [6.45, 7) is -0.149. The van der Waals surface area contributed by atoms with E-state index < -0.39 is 17.8 Å². The summed E-state index contributed by atoms with van der Waals surface area (Å²) in [5.41, 5.74) is -2.06. The molecule has 0 saturated carbocycles. The van der Waals surface area contributed by atoms with Crippen molar-refractivity contribution in [3.63, 3.8) is 0 Å². The van der Waals surface area contributed by atoms with E-state index in [1.165, 1.54) is 24.5 Å². The molecule has 1 aromatic carbocycles. The molecule has 1 aliphatic heterocycles. The van der Waals surface area contributed by atoms with Crippen LogP contribution in [0.2, 0.25) is 0 Å². The minimum atomic E-state index is -2.84. The van der Waals surface area contributed by atoms with Crippen LogP contribution in [0, 0.1) is 5.82 Å². The Labute approximate surface area is 121 Å². The second-order valence-electron chi connectivity index (χ2n) is 4.52. The van der Waals surface area contributed by atoms with E-state index in [1.807, 2.05) is 0 Å². The molecule has 0 amide bonds. The summed E-state index contributed by atoms with van der Waals surface area (Å²) in [5.74, 6) is -0.217. The van der Waals surface area contributed by atoms with E-state index in [0.717, 1.165) is 6.07 Å². The maximum absolute atomic E-state index is 14.0. The second-order valence-corrected chi connectivity index (χ2v) is 5.44. The highest BCUT2D eigenvalue weighted by atomic mass is 79.9. The van der Waals surface area contributed by atoms with E-state index >= 15 is 0 Å². The van der Waals surface area contributed by atoms with Gasteiger partial charge >= 0.3 is 0 Å². The van der Waals surface area contributed by atoms with Crippen molar-refractivity contribution in [1.82, 2.24) is 9.55 Å². The van der Waals surface area contributed by atoms with E-state index in [0.29, 0.717) is 10.3 Å². The molecule has 0 saturated heterocycles. The SMILES string of the molecule is Fc1ccc(Br)cc1C1(C(F)F)Cn2ccnc2C=N1. The average Bonchev–Trinajstić information content (AvgIpc) is 2.88. The van der Waals surface area contributed by atoms with Gasteiger partial charge in [-0.25, -0.2) is 18.2 Å². The summed E-state index contributed by atoms with van der Waals surface area (Å²) in [6, 6.07) is 3.97. The van der Waals surface area contributed by atoms with Crippen molar-refractivity contribution >= 4 is 22.1 Å². The first-order valence-corrected chi connectivity index (χ1v) is 6.62. The molecule has 2 heterocycles. The van der Waals surface area contributed by atoms with Crippen LogP contribution in [0.25, 0.3) is 0 Å². The first-order valence-electron chi connectivity index (χ1n) is 5.83. The molecule has 0 bridgehead atoms. The Hall–Kier alpha value is -1.63.